The Morgan fingerprint density at radius 3 is 2.67 bits per heavy atom. The first-order valence-corrected chi connectivity index (χ1v) is 3.03. The maximum Gasteiger partial charge on any atom is 0.277 e. The average Bonchev–Trinajstić information content (AvgIpc) is 2.14. The normalized spacial score (nSPS) is 9.33. The summed E-state index contributed by atoms with van der Waals surface area (Å²) in [4.78, 5) is 14.0. The van der Waals surface area contributed by atoms with Crippen molar-refractivity contribution in [2.75, 3.05) is 5.73 Å². The van der Waals surface area contributed by atoms with Crippen molar-refractivity contribution >= 4 is 22.2 Å². The van der Waals surface area contributed by atoms with Crippen LogP contribution in [0.15, 0.2) is 6.20 Å². The van der Waals surface area contributed by atoms with Crippen molar-refractivity contribution in [1.29, 1.82) is 0 Å². The third-order valence-electron chi connectivity index (χ3n) is 0.734. The third-order valence-corrected chi connectivity index (χ3v) is 1.58. The van der Waals surface area contributed by atoms with E-state index in [9.17, 15) is 4.79 Å². The molecule has 0 bridgehead atoms. The zero-order valence-electron chi connectivity index (χ0n) is 4.50. The van der Waals surface area contributed by atoms with Crippen LogP contribution in [0.3, 0.4) is 0 Å². The van der Waals surface area contributed by atoms with E-state index >= 15 is 0 Å². The summed E-state index contributed by atoms with van der Waals surface area (Å²) in [6.07, 6.45) is 1.41. The number of carbonyl (C=O) groups is 1. The molecule has 0 unspecified atom stereocenters. The Bertz CT molecular complexity index is 231. The van der Waals surface area contributed by atoms with E-state index in [-0.39, 0.29) is 5.01 Å². The fourth-order valence-corrected chi connectivity index (χ4v) is 0.935. The number of aromatic nitrogens is 1. The second kappa shape index (κ2) is 2.02. The lowest BCUT2D eigenvalue weighted by atomic mass is 10.7. The molecule has 0 radical (unpaired) electrons. The molecule has 4 nitrogen and oxygen atoms in total. The lowest BCUT2D eigenvalue weighted by Gasteiger charge is -1.79. The summed E-state index contributed by atoms with van der Waals surface area (Å²) < 4.78 is 0. The second-order valence-corrected chi connectivity index (χ2v) is 2.49. The maximum absolute atomic E-state index is 10.3. The molecule has 48 valence electrons. The van der Waals surface area contributed by atoms with Crippen LogP contribution < -0.4 is 11.5 Å². The predicted molar refractivity (Wildman–Crippen MR) is 35.0 cm³/mol. The smallest absolute Gasteiger partial charge is 0.277 e. The maximum atomic E-state index is 10.3. The summed E-state index contributed by atoms with van der Waals surface area (Å²) >= 11 is 1.09. The fourth-order valence-electron chi connectivity index (χ4n) is 0.400. The molecule has 0 saturated carbocycles. The first-order chi connectivity index (χ1) is 4.20. The molecular formula is C4H5N3OS. The first kappa shape index (κ1) is 6.03. The molecule has 0 fully saturated rings. The van der Waals surface area contributed by atoms with Gasteiger partial charge < -0.3 is 11.5 Å². The fraction of sp³-hybridized carbons (Fsp3) is 0. The molecule has 0 saturated heterocycles. The van der Waals surface area contributed by atoms with Gasteiger partial charge in [0, 0.05) is 0 Å². The van der Waals surface area contributed by atoms with E-state index in [0.717, 1.165) is 11.3 Å². The number of primary amides is 1. The Labute approximate surface area is 55.5 Å². The Hall–Kier alpha value is -1.10. The Morgan fingerprint density at radius 2 is 2.44 bits per heavy atom. The van der Waals surface area contributed by atoms with Crippen LogP contribution in [-0.2, 0) is 0 Å². The highest BCUT2D eigenvalue weighted by molar-refractivity contribution is 7.17. The molecule has 1 rings (SSSR count). The topological polar surface area (TPSA) is 82.0 Å². The van der Waals surface area contributed by atoms with Crippen LogP contribution in [0.5, 0.6) is 0 Å². The Morgan fingerprint density at radius 1 is 1.78 bits per heavy atom. The van der Waals surface area contributed by atoms with E-state index in [1.54, 1.807) is 0 Å². The Kier molecular flexibility index (Phi) is 1.35. The van der Waals surface area contributed by atoms with Crippen LogP contribution in [-0.4, -0.2) is 10.9 Å². The van der Waals surface area contributed by atoms with Crippen molar-refractivity contribution in [2.24, 2.45) is 5.73 Å². The van der Waals surface area contributed by atoms with Gasteiger partial charge in [-0.15, -0.1) is 0 Å². The average molecular weight is 143 g/mol. The number of rotatable bonds is 1. The minimum absolute atomic E-state index is 0.257. The molecule has 0 aliphatic heterocycles. The Balaban J connectivity index is 2.98. The standard InChI is InChI=1S/C4H5N3OS/c5-2-1-7-4(9-2)3(6)8/h1H,5H2,(H2,6,8). The van der Waals surface area contributed by atoms with Gasteiger partial charge >= 0.3 is 0 Å². The van der Waals surface area contributed by atoms with Gasteiger partial charge in [0.05, 0.1) is 6.20 Å². The number of anilines is 1. The van der Waals surface area contributed by atoms with Gasteiger partial charge in [-0.25, -0.2) is 4.98 Å². The summed E-state index contributed by atoms with van der Waals surface area (Å²) in [5, 5.41) is 0.760. The summed E-state index contributed by atoms with van der Waals surface area (Å²) in [6, 6.07) is 0. The van der Waals surface area contributed by atoms with Gasteiger partial charge in [-0.05, 0) is 0 Å². The van der Waals surface area contributed by atoms with Crippen LogP contribution in [0.1, 0.15) is 9.80 Å². The molecule has 5 heteroatoms. The highest BCUT2D eigenvalue weighted by Crippen LogP contribution is 2.12. The second-order valence-electron chi connectivity index (χ2n) is 1.43. The van der Waals surface area contributed by atoms with E-state index in [4.69, 9.17) is 11.5 Å². The van der Waals surface area contributed by atoms with E-state index in [0.29, 0.717) is 5.00 Å². The number of nitrogen functional groups attached to an aromatic ring is 1. The number of thiazole rings is 1. The van der Waals surface area contributed by atoms with Crippen molar-refractivity contribution in [2.45, 2.75) is 0 Å². The molecule has 1 aromatic heterocycles. The quantitative estimate of drug-likeness (QED) is 0.572. The molecule has 4 N–H and O–H groups in total. The van der Waals surface area contributed by atoms with Crippen LogP contribution in [0, 0.1) is 0 Å². The number of carbonyl (C=O) groups excluding carboxylic acids is 1. The molecule has 1 amide bonds. The number of amides is 1. The lowest BCUT2D eigenvalue weighted by Crippen LogP contribution is -2.09. The first-order valence-electron chi connectivity index (χ1n) is 2.21. The molecule has 9 heavy (non-hydrogen) atoms. The van der Waals surface area contributed by atoms with Crippen molar-refractivity contribution < 1.29 is 4.79 Å². The minimum atomic E-state index is -0.531. The van der Waals surface area contributed by atoms with E-state index in [1.807, 2.05) is 0 Å². The lowest BCUT2D eigenvalue weighted by molar-refractivity contribution is 0.1000. The number of nitrogens with zero attached hydrogens (tertiary/aromatic N) is 1. The zero-order valence-corrected chi connectivity index (χ0v) is 5.31. The highest BCUT2D eigenvalue weighted by Gasteiger charge is 2.03. The molecule has 1 aromatic rings. The highest BCUT2D eigenvalue weighted by atomic mass is 32.1. The van der Waals surface area contributed by atoms with Crippen molar-refractivity contribution in [1.82, 2.24) is 4.98 Å². The van der Waals surface area contributed by atoms with Gasteiger partial charge in [0.15, 0.2) is 5.01 Å². The van der Waals surface area contributed by atoms with Crippen molar-refractivity contribution in [3.05, 3.63) is 11.2 Å². The van der Waals surface area contributed by atoms with Gasteiger partial charge in [0.25, 0.3) is 5.91 Å². The van der Waals surface area contributed by atoms with Crippen LogP contribution in [0.25, 0.3) is 0 Å². The van der Waals surface area contributed by atoms with Gasteiger partial charge in [0.1, 0.15) is 5.00 Å². The molecular weight excluding hydrogens is 138 g/mol. The summed E-state index contributed by atoms with van der Waals surface area (Å²) in [5.74, 6) is -0.531. The van der Waals surface area contributed by atoms with Crippen LogP contribution in [0.4, 0.5) is 5.00 Å². The summed E-state index contributed by atoms with van der Waals surface area (Å²) in [6.45, 7) is 0. The molecule has 1 heterocycles. The number of nitrogens with two attached hydrogens (primary N) is 2. The molecule has 0 spiro atoms. The van der Waals surface area contributed by atoms with Crippen LogP contribution in [0.2, 0.25) is 0 Å². The third kappa shape index (κ3) is 1.17. The molecule has 0 aliphatic carbocycles. The molecule has 0 aromatic carbocycles. The van der Waals surface area contributed by atoms with E-state index in [2.05, 4.69) is 4.98 Å². The van der Waals surface area contributed by atoms with E-state index < -0.39 is 5.91 Å². The zero-order chi connectivity index (χ0) is 6.85. The van der Waals surface area contributed by atoms with Gasteiger partial charge in [-0.3, -0.25) is 4.79 Å². The van der Waals surface area contributed by atoms with Gasteiger partial charge in [-0.2, -0.15) is 0 Å². The van der Waals surface area contributed by atoms with Gasteiger partial charge in [0.2, 0.25) is 0 Å². The van der Waals surface area contributed by atoms with E-state index in [1.165, 1.54) is 6.20 Å². The minimum Gasteiger partial charge on any atom is -0.389 e. The predicted octanol–water partition coefficient (Wildman–Crippen LogP) is -0.176. The van der Waals surface area contributed by atoms with Gasteiger partial charge in [-0.1, -0.05) is 11.3 Å². The summed E-state index contributed by atoms with van der Waals surface area (Å²) in [7, 11) is 0. The largest absolute Gasteiger partial charge is 0.389 e. The number of hydrogen-bond acceptors (Lipinski definition) is 4. The monoisotopic (exact) mass is 143 g/mol. The SMILES string of the molecule is NC(=O)c1ncc(N)s1. The van der Waals surface area contributed by atoms with Crippen molar-refractivity contribution in [3.63, 3.8) is 0 Å². The van der Waals surface area contributed by atoms with Crippen LogP contribution >= 0.6 is 11.3 Å². The molecule has 0 atom stereocenters. The molecule has 0 aliphatic rings. The van der Waals surface area contributed by atoms with Crippen molar-refractivity contribution in [3.8, 4) is 0 Å². The number of hydrogen-bond donors (Lipinski definition) is 2. The summed E-state index contributed by atoms with van der Waals surface area (Å²) in [5.41, 5.74) is 10.1.